The van der Waals surface area contributed by atoms with Crippen LogP contribution in [0, 0.1) is 0 Å². The maximum Gasteiger partial charge on any atom is 0.0104 e. The van der Waals surface area contributed by atoms with Gasteiger partial charge in [-0.05, 0) is 24.3 Å². The van der Waals surface area contributed by atoms with Gasteiger partial charge < -0.3 is 0 Å². The maximum atomic E-state index is 2.50. The molecule has 1 aromatic rings. The van der Waals surface area contributed by atoms with Crippen LogP contribution in [0.4, 0.5) is 0 Å². The third-order valence-electron chi connectivity index (χ3n) is 4.32. The predicted molar refractivity (Wildman–Crippen MR) is 77.8 cm³/mol. The van der Waals surface area contributed by atoms with Gasteiger partial charge in [-0.2, -0.15) is 0 Å². The first-order valence-electron chi connectivity index (χ1n) is 7.35. The maximum absolute atomic E-state index is 2.50. The van der Waals surface area contributed by atoms with E-state index in [1.807, 2.05) is 11.3 Å². The van der Waals surface area contributed by atoms with Crippen LogP contribution in [0.3, 0.4) is 0 Å². The van der Waals surface area contributed by atoms with Gasteiger partial charge in [-0.3, -0.25) is 0 Å². The lowest BCUT2D eigenvalue weighted by atomic mass is 9.79. The molecule has 0 atom stereocenters. The average molecular weight is 250 g/mol. The molecule has 1 heteroatoms. The third-order valence-corrected chi connectivity index (χ3v) is 5.50. The summed E-state index contributed by atoms with van der Waals surface area (Å²) in [4.78, 5) is 1.62. The fourth-order valence-electron chi connectivity index (χ4n) is 3.08. The predicted octanol–water partition coefficient (Wildman–Crippen LogP) is 5.92. The van der Waals surface area contributed by atoms with Gasteiger partial charge in [0.15, 0.2) is 0 Å². The van der Waals surface area contributed by atoms with Crippen LogP contribution in [0.15, 0.2) is 17.5 Å². The zero-order valence-corrected chi connectivity index (χ0v) is 12.0. The van der Waals surface area contributed by atoms with E-state index in [2.05, 4.69) is 24.4 Å². The van der Waals surface area contributed by atoms with Crippen molar-refractivity contribution in [1.29, 1.82) is 0 Å². The highest BCUT2D eigenvalue weighted by atomic mass is 32.1. The molecule has 0 saturated heterocycles. The summed E-state index contributed by atoms with van der Waals surface area (Å²) < 4.78 is 0. The first kappa shape index (κ1) is 13.1. The molecule has 0 unspecified atom stereocenters. The Kier molecular flexibility index (Phi) is 5.09. The molecule has 0 N–H and O–H groups in total. The molecule has 1 aliphatic carbocycles. The molecule has 1 saturated carbocycles. The standard InChI is InChI=1S/C16H26S/c1-16(15-11-10-14-17-15)12-8-6-4-2-3-5-7-9-13-16/h10-11,14H,2-9,12-13H2,1H3. The Morgan fingerprint density at radius 3 is 1.88 bits per heavy atom. The summed E-state index contributed by atoms with van der Waals surface area (Å²) in [7, 11) is 0. The van der Waals surface area contributed by atoms with Gasteiger partial charge in [-0.25, -0.2) is 0 Å². The minimum Gasteiger partial charge on any atom is -0.148 e. The molecular weight excluding hydrogens is 224 g/mol. The van der Waals surface area contributed by atoms with Crippen molar-refractivity contribution in [1.82, 2.24) is 0 Å². The molecule has 1 heterocycles. The van der Waals surface area contributed by atoms with Crippen molar-refractivity contribution in [3.63, 3.8) is 0 Å². The Morgan fingerprint density at radius 1 is 0.882 bits per heavy atom. The molecule has 0 radical (unpaired) electrons. The fourth-order valence-corrected chi connectivity index (χ4v) is 4.03. The first-order chi connectivity index (χ1) is 8.31. The van der Waals surface area contributed by atoms with Crippen LogP contribution >= 0.6 is 11.3 Å². The van der Waals surface area contributed by atoms with Crippen LogP contribution in [-0.2, 0) is 5.41 Å². The van der Waals surface area contributed by atoms with Crippen molar-refractivity contribution in [2.24, 2.45) is 0 Å². The van der Waals surface area contributed by atoms with E-state index in [1.165, 1.54) is 64.2 Å². The van der Waals surface area contributed by atoms with E-state index in [4.69, 9.17) is 0 Å². The van der Waals surface area contributed by atoms with E-state index in [1.54, 1.807) is 4.88 Å². The molecule has 96 valence electrons. The average Bonchev–Trinajstić information content (AvgIpc) is 2.84. The lowest BCUT2D eigenvalue weighted by Gasteiger charge is -2.28. The minimum absolute atomic E-state index is 0.471. The van der Waals surface area contributed by atoms with Gasteiger partial charge in [-0.1, -0.05) is 64.4 Å². The van der Waals surface area contributed by atoms with Crippen molar-refractivity contribution in [3.05, 3.63) is 22.4 Å². The van der Waals surface area contributed by atoms with E-state index in [9.17, 15) is 0 Å². The summed E-state index contributed by atoms with van der Waals surface area (Å²) in [6, 6.07) is 4.57. The van der Waals surface area contributed by atoms with Gasteiger partial charge in [0.25, 0.3) is 0 Å². The molecule has 1 aliphatic rings. The molecule has 0 amide bonds. The second kappa shape index (κ2) is 6.58. The Labute approximate surface area is 110 Å². The molecule has 0 bridgehead atoms. The van der Waals surface area contributed by atoms with Crippen molar-refractivity contribution in [2.75, 3.05) is 0 Å². The molecular formula is C16H26S. The van der Waals surface area contributed by atoms with Gasteiger partial charge in [0.05, 0.1) is 0 Å². The summed E-state index contributed by atoms with van der Waals surface area (Å²) in [6.45, 7) is 2.50. The van der Waals surface area contributed by atoms with Gasteiger partial charge in [0.2, 0.25) is 0 Å². The lowest BCUT2D eigenvalue weighted by molar-refractivity contribution is 0.376. The molecule has 0 spiro atoms. The second-order valence-electron chi connectivity index (χ2n) is 5.87. The van der Waals surface area contributed by atoms with Gasteiger partial charge in [0, 0.05) is 10.3 Å². The van der Waals surface area contributed by atoms with Crippen molar-refractivity contribution in [3.8, 4) is 0 Å². The van der Waals surface area contributed by atoms with E-state index >= 15 is 0 Å². The van der Waals surface area contributed by atoms with Gasteiger partial charge >= 0.3 is 0 Å². The second-order valence-corrected chi connectivity index (χ2v) is 6.81. The van der Waals surface area contributed by atoms with Crippen LogP contribution in [0.2, 0.25) is 0 Å². The molecule has 1 fully saturated rings. The molecule has 0 aromatic carbocycles. The highest BCUT2D eigenvalue weighted by molar-refractivity contribution is 7.10. The summed E-state index contributed by atoms with van der Waals surface area (Å²) in [5.41, 5.74) is 0.471. The Morgan fingerprint density at radius 2 is 1.41 bits per heavy atom. The van der Waals surface area contributed by atoms with Crippen LogP contribution in [0.1, 0.15) is 76.0 Å². The van der Waals surface area contributed by atoms with Crippen molar-refractivity contribution >= 4 is 11.3 Å². The Bertz CT molecular complexity index is 287. The fraction of sp³-hybridized carbons (Fsp3) is 0.750. The third kappa shape index (κ3) is 3.84. The summed E-state index contributed by atoms with van der Waals surface area (Å²) in [5, 5.41) is 2.24. The molecule has 2 rings (SSSR count). The van der Waals surface area contributed by atoms with E-state index in [0.717, 1.165) is 0 Å². The minimum atomic E-state index is 0.471. The highest BCUT2D eigenvalue weighted by Crippen LogP contribution is 2.38. The number of hydrogen-bond donors (Lipinski definition) is 0. The van der Waals surface area contributed by atoms with E-state index < -0.39 is 0 Å². The number of thiophene rings is 1. The first-order valence-corrected chi connectivity index (χ1v) is 8.23. The van der Waals surface area contributed by atoms with Gasteiger partial charge in [0.1, 0.15) is 0 Å². The normalized spacial score (nSPS) is 22.9. The number of hydrogen-bond acceptors (Lipinski definition) is 1. The molecule has 17 heavy (non-hydrogen) atoms. The smallest absolute Gasteiger partial charge is 0.0104 e. The summed E-state index contributed by atoms with van der Waals surface area (Å²) >= 11 is 1.96. The molecule has 0 aliphatic heterocycles. The van der Waals surface area contributed by atoms with Gasteiger partial charge in [-0.15, -0.1) is 11.3 Å². The quantitative estimate of drug-likeness (QED) is 0.580. The Balaban J connectivity index is 2.01. The van der Waals surface area contributed by atoms with Crippen molar-refractivity contribution < 1.29 is 0 Å². The summed E-state index contributed by atoms with van der Waals surface area (Å²) in [6.07, 6.45) is 14.4. The van der Waals surface area contributed by atoms with Crippen molar-refractivity contribution in [2.45, 2.75) is 76.5 Å². The lowest BCUT2D eigenvalue weighted by Crippen LogP contribution is -2.20. The molecule has 1 aromatic heterocycles. The molecule has 0 nitrogen and oxygen atoms in total. The van der Waals surface area contributed by atoms with Crippen LogP contribution in [0.25, 0.3) is 0 Å². The van der Waals surface area contributed by atoms with Crippen LogP contribution < -0.4 is 0 Å². The van der Waals surface area contributed by atoms with Crippen LogP contribution in [-0.4, -0.2) is 0 Å². The van der Waals surface area contributed by atoms with E-state index in [-0.39, 0.29) is 0 Å². The zero-order valence-electron chi connectivity index (χ0n) is 11.2. The highest BCUT2D eigenvalue weighted by Gasteiger charge is 2.26. The SMILES string of the molecule is CC1(c2cccs2)CCCCCCCCCC1. The number of rotatable bonds is 1. The topological polar surface area (TPSA) is 0 Å². The van der Waals surface area contributed by atoms with Crippen LogP contribution in [0.5, 0.6) is 0 Å². The van der Waals surface area contributed by atoms with E-state index in [0.29, 0.717) is 5.41 Å². The Hall–Kier alpha value is -0.300. The monoisotopic (exact) mass is 250 g/mol. The summed E-state index contributed by atoms with van der Waals surface area (Å²) in [5.74, 6) is 0. The zero-order chi connectivity index (χ0) is 12.0. The largest absolute Gasteiger partial charge is 0.148 e.